The number of likely N-dealkylation sites (tertiary alicyclic amines) is 1. The van der Waals surface area contributed by atoms with Gasteiger partial charge in [-0.1, -0.05) is 6.07 Å². The van der Waals surface area contributed by atoms with Crippen molar-refractivity contribution in [2.45, 2.75) is 38.6 Å². The molecule has 4 heterocycles. The summed E-state index contributed by atoms with van der Waals surface area (Å²) in [6.45, 7) is 4.36. The first-order chi connectivity index (χ1) is 12.3. The average Bonchev–Trinajstić information content (AvgIpc) is 3.11. The second-order valence-corrected chi connectivity index (χ2v) is 6.57. The molecule has 0 aromatic carbocycles. The number of nitrogens with zero attached hydrogens (tertiary/aromatic N) is 4. The van der Waals surface area contributed by atoms with E-state index in [0.717, 1.165) is 50.4 Å². The number of carbonyl (C=O) groups excluding carboxylic acids is 1. The highest BCUT2D eigenvalue weighted by Crippen LogP contribution is 2.18. The zero-order chi connectivity index (χ0) is 17.1. The first kappa shape index (κ1) is 16.2. The summed E-state index contributed by atoms with van der Waals surface area (Å²) < 4.78 is 7.91. The molecule has 1 fully saturated rings. The van der Waals surface area contributed by atoms with Crippen LogP contribution in [0, 0.1) is 0 Å². The van der Waals surface area contributed by atoms with Crippen molar-refractivity contribution in [1.82, 2.24) is 25.0 Å². The molecule has 25 heavy (non-hydrogen) atoms. The van der Waals surface area contributed by atoms with E-state index in [9.17, 15) is 4.79 Å². The van der Waals surface area contributed by atoms with Crippen LogP contribution in [0.15, 0.2) is 30.5 Å². The molecule has 4 rings (SSSR count). The van der Waals surface area contributed by atoms with Gasteiger partial charge in [-0.2, -0.15) is 5.10 Å². The Morgan fingerprint density at radius 3 is 3.16 bits per heavy atom. The Morgan fingerprint density at radius 1 is 1.36 bits per heavy atom. The van der Waals surface area contributed by atoms with E-state index in [1.807, 2.05) is 33.8 Å². The quantitative estimate of drug-likeness (QED) is 0.905. The second-order valence-electron chi connectivity index (χ2n) is 6.57. The van der Waals surface area contributed by atoms with Gasteiger partial charge in [0.1, 0.15) is 0 Å². The first-order valence-electron chi connectivity index (χ1n) is 8.88. The molecule has 1 atom stereocenters. The van der Waals surface area contributed by atoms with Crippen LogP contribution in [-0.4, -0.2) is 51.3 Å². The summed E-state index contributed by atoms with van der Waals surface area (Å²) in [5.74, 6) is 0.00744. The Morgan fingerprint density at radius 2 is 2.32 bits per heavy atom. The maximum Gasteiger partial charge on any atom is 0.274 e. The number of pyridine rings is 1. The number of carbonyl (C=O) groups is 1. The SMILES string of the molecule is O=C(c1cc2n(n1)CCNC2)N1CCC[C@@H](OCc2ccccn2)C1. The molecule has 0 aliphatic carbocycles. The van der Waals surface area contributed by atoms with Crippen LogP contribution >= 0.6 is 0 Å². The number of amides is 1. The highest BCUT2D eigenvalue weighted by molar-refractivity contribution is 5.92. The molecular weight excluding hydrogens is 318 g/mol. The van der Waals surface area contributed by atoms with Gasteiger partial charge in [0.2, 0.25) is 0 Å². The molecule has 0 spiro atoms. The highest BCUT2D eigenvalue weighted by atomic mass is 16.5. The van der Waals surface area contributed by atoms with Gasteiger partial charge >= 0.3 is 0 Å². The van der Waals surface area contributed by atoms with Gasteiger partial charge in [0, 0.05) is 32.4 Å². The number of hydrogen-bond acceptors (Lipinski definition) is 5. The van der Waals surface area contributed by atoms with E-state index in [0.29, 0.717) is 18.8 Å². The van der Waals surface area contributed by atoms with Crippen molar-refractivity contribution in [2.75, 3.05) is 19.6 Å². The van der Waals surface area contributed by atoms with E-state index in [1.54, 1.807) is 6.20 Å². The zero-order valence-corrected chi connectivity index (χ0v) is 14.2. The van der Waals surface area contributed by atoms with Crippen molar-refractivity contribution < 1.29 is 9.53 Å². The normalized spacial score (nSPS) is 20.3. The fraction of sp³-hybridized carbons (Fsp3) is 0.500. The van der Waals surface area contributed by atoms with E-state index in [4.69, 9.17) is 4.74 Å². The Bertz CT molecular complexity index is 707. The topological polar surface area (TPSA) is 72.3 Å². The van der Waals surface area contributed by atoms with E-state index in [-0.39, 0.29) is 12.0 Å². The number of piperidine rings is 1. The molecule has 2 aliphatic rings. The summed E-state index contributed by atoms with van der Waals surface area (Å²) in [6, 6.07) is 7.71. The number of hydrogen-bond donors (Lipinski definition) is 1. The van der Waals surface area contributed by atoms with Crippen LogP contribution in [0.1, 0.15) is 34.7 Å². The average molecular weight is 341 g/mol. The number of aromatic nitrogens is 3. The molecule has 0 radical (unpaired) electrons. The molecule has 2 aromatic heterocycles. The molecule has 0 bridgehead atoms. The first-order valence-corrected chi connectivity index (χ1v) is 8.88. The fourth-order valence-electron chi connectivity index (χ4n) is 3.40. The van der Waals surface area contributed by atoms with Crippen LogP contribution < -0.4 is 5.32 Å². The Balaban J connectivity index is 1.37. The summed E-state index contributed by atoms with van der Waals surface area (Å²) in [5.41, 5.74) is 2.54. The summed E-state index contributed by atoms with van der Waals surface area (Å²) in [5, 5.41) is 7.78. The van der Waals surface area contributed by atoms with Gasteiger partial charge in [-0.15, -0.1) is 0 Å². The van der Waals surface area contributed by atoms with Crippen LogP contribution in [0.4, 0.5) is 0 Å². The monoisotopic (exact) mass is 341 g/mol. The van der Waals surface area contributed by atoms with Crippen molar-refractivity contribution in [2.24, 2.45) is 0 Å². The third-order valence-corrected chi connectivity index (χ3v) is 4.75. The Kier molecular flexibility index (Phi) is 4.76. The summed E-state index contributed by atoms with van der Waals surface area (Å²) in [4.78, 5) is 18.9. The van der Waals surface area contributed by atoms with Crippen molar-refractivity contribution in [3.63, 3.8) is 0 Å². The largest absolute Gasteiger partial charge is 0.370 e. The molecule has 7 heteroatoms. The molecule has 0 unspecified atom stereocenters. The number of rotatable bonds is 4. The van der Waals surface area contributed by atoms with E-state index >= 15 is 0 Å². The van der Waals surface area contributed by atoms with Gasteiger partial charge in [-0.05, 0) is 31.0 Å². The fourth-order valence-corrected chi connectivity index (χ4v) is 3.40. The highest BCUT2D eigenvalue weighted by Gasteiger charge is 2.27. The standard InChI is InChI=1S/C18H23N5O2/c24-18(17-10-15-11-19-7-9-23(15)21-17)22-8-3-5-16(12-22)25-13-14-4-1-2-6-20-14/h1-2,4,6,10,16,19H,3,5,7-9,11-13H2/t16-/m1/s1. The minimum absolute atomic E-state index is 0.00744. The lowest BCUT2D eigenvalue weighted by molar-refractivity contribution is -0.00803. The Labute approximate surface area is 147 Å². The molecule has 2 aromatic rings. The molecular formula is C18H23N5O2. The molecule has 2 aliphatic heterocycles. The molecule has 1 N–H and O–H groups in total. The predicted octanol–water partition coefficient (Wildman–Crippen LogP) is 1.20. The summed E-state index contributed by atoms with van der Waals surface area (Å²) >= 11 is 0. The maximum atomic E-state index is 12.8. The lowest BCUT2D eigenvalue weighted by atomic mass is 10.1. The zero-order valence-electron chi connectivity index (χ0n) is 14.2. The van der Waals surface area contributed by atoms with Gasteiger partial charge in [0.05, 0.1) is 30.6 Å². The third-order valence-electron chi connectivity index (χ3n) is 4.75. The van der Waals surface area contributed by atoms with Crippen LogP contribution in [0.2, 0.25) is 0 Å². The van der Waals surface area contributed by atoms with Crippen molar-refractivity contribution in [1.29, 1.82) is 0 Å². The van der Waals surface area contributed by atoms with Gasteiger partial charge < -0.3 is 15.0 Å². The number of fused-ring (bicyclic) bond motifs is 1. The van der Waals surface area contributed by atoms with Crippen molar-refractivity contribution >= 4 is 5.91 Å². The maximum absolute atomic E-state index is 12.8. The minimum Gasteiger partial charge on any atom is -0.370 e. The lowest BCUT2D eigenvalue weighted by Crippen LogP contribution is -2.43. The van der Waals surface area contributed by atoms with Crippen molar-refractivity contribution in [3.05, 3.63) is 47.5 Å². The van der Waals surface area contributed by atoms with Gasteiger partial charge in [0.15, 0.2) is 5.69 Å². The third kappa shape index (κ3) is 3.72. The Hall–Kier alpha value is -2.25. The molecule has 1 saturated heterocycles. The molecule has 0 saturated carbocycles. The predicted molar refractivity (Wildman–Crippen MR) is 91.9 cm³/mol. The van der Waals surface area contributed by atoms with Crippen LogP contribution in [0.3, 0.4) is 0 Å². The van der Waals surface area contributed by atoms with Gasteiger partial charge in [0.25, 0.3) is 5.91 Å². The van der Waals surface area contributed by atoms with Crippen LogP contribution in [-0.2, 0) is 24.4 Å². The van der Waals surface area contributed by atoms with E-state index < -0.39 is 0 Å². The molecule has 7 nitrogen and oxygen atoms in total. The van der Waals surface area contributed by atoms with Gasteiger partial charge in [-0.3, -0.25) is 14.5 Å². The second kappa shape index (κ2) is 7.33. The van der Waals surface area contributed by atoms with Gasteiger partial charge in [-0.25, -0.2) is 0 Å². The summed E-state index contributed by atoms with van der Waals surface area (Å²) in [7, 11) is 0. The van der Waals surface area contributed by atoms with E-state index in [2.05, 4.69) is 15.4 Å². The van der Waals surface area contributed by atoms with Crippen molar-refractivity contribution in [3.8, 4) is 0 Å². The number of nitrogens with one attached hydrogen (secondary N) is 1. The van der Waals surface area contributed by atoms with Crippen LogP contribution in [0.25, 0.3) is 0 Å². The number of ether oxygens (including phenoxy) is 1. The minimum atomic E-state index is 0.00744. The smallest absolute Gasteiger partial charge is 0.274 e. The van der Waals surface area contributed by atoms with Crippen LogP contribution in [0.5, 0.6) is 0 Å². The lowest BCUT2D eigenvalue weighted by Gasteiger charge is -2.32. The van der Waals surface area contributed by atoms with E-state index in [1.165, 1.54) is 0 Å². The molecule has 132 valence electrons. The summed E-state index contributed by atoms with van der Waals surface area (Å²) in [6.07, 6.45) is 3.75. The molecule has 1 amide bonds.